The van der Waals surface area contributed by atoms with Crippen molar-refractivity contribution in [1.29, 1.82) is 21.0 Å². The van der Waals surface area contributed by atoms with E-state index < -0.39 is 0 Å². The van der Waals surface area contributed by atoms with Crippen LogP contribution in [0.2, 0.25) is 0 Å². The summed E-state index contributed by atoms with van der Waals surface area (Å²) in [4.78, 5) is 0. The van der Waals surface area contributed by atoms with Crippen molar-refractivity contribution in [3.63, 3.8) is 0 Å². The number of hydrogen-bond acceptors (Lipinski definition) is 4. The van der Waals surface area contributed by atoms with Crippen LogP contribution in [-0.2, 0) is 0 Å². The van der Waals surface area contributed by atoms with Gasteiger partial charge in [-0.3, -0.25) is 0 Å². The van der Waals surface area contributed by atoms with Crippen LogP contribution in [0.4, 0.5) is 0 Å². The van der Waals surface area contributed by atoms with Crippen LogP contribution in [0.1, 0.15) is 158 Å². The summed E-state index contributed by atoms with van der Waals surface area (Å²) >= 11 is 0. The average molecular weight is 713 g/mol. The molecule has 0 N–H and O–H groups in total. The van der Waals surface area contributed by atoms with Crippen LogP contribution < -0.4 is 0 Å². The molecule has 52 heavy (non-hydrogen) atoms. The van der Waals surface area contributed by atoms with Crippen LogP contribution in [0.25, 0.3) is 10.8 Å². The highest BCUT2D eigenvalue weighted by molar-refractivity contribution is 5.96. The van der Waals surface area contributed by atoms with E-state index in [-0.39, 0.29) is 33.4 Å². The normalized spacial score (nSPS) is 11.6. The molecule has 8 heteroatoms. The van der Waals surface area contributed by atoms with Gasteiger partial charge in [-0.15, -0.1) is 0 Å². The zero-order chi connectivity index (χ0) is 39.7. The van der Waals surface area contributed by atoms with E-state index in [9.17, 15) is 0 Å². The second-order valence-electron chi connectivity index (χ2n) is 14.2. The first-order valence-corrected chi connectivity index (χ1v) is 20.5. The molecule has 0 saturated carbocycles. The lowest BCUT2D eigenvalue weighted by atomic mass is 10.1. The van der Waals surface area contributed by atoms with Gasteiger partial charge in [-0.05, 0) is 51.4 Å². The zero-order valence-corrected chi connectivity index (χ0v) is 34.5. The third-order valence-electron chi connectivity index (χ3n) is 10.00. The Balaban J connectivity index is 0. The highest BCUT2D eigenvalue weighted by atomic mass is 15.4. The summed E-state index contributed by atoms with van der Waals surface area (Å²) in [6, 6.07) is 6.37. The van der Waals surface area contributed by atoms with Gasteiger partial charge in [0.05, 0.1) is 63.5 Å². The smallest absolute Gasteiger partial charge is 0.138 e. The molecule has 0 unspecified atom stereocenters. The van der Waals surface area contributed by atoms with E-state index >= 15 is 0 Å². The minimum absolute atomic E-state index is 0.0381. The van der Waals surface area contributed by atoms with Crippen LogP contribution in [0.15, 0.2) is 33.4 Å². The van der Waals surface area contributed by atoms with Gasteiger partial charge in [0.25, 0.3) is 0 Å². The molecule has 1 aliphatic rings. The molecule has 1 rings (SSSR count). The Morgan fingerprint density at radius 1 is 0.404 bits per heavy atom. The molecule has 0 heterocycles. The van der Waals surface area contributed by atoms with Crippen molar-refractivity contribution in [3.8, 4) is 24.3 Å². The predicted octanol–water partition coefficient (Wildman–Crippen LogP) is 11.0. The first kappa shape index (κ1) is 50.4. The van der Waals surface area contributed by atoms with Crippen molar-refractivity contribution < 1.29 is 8.97 Å². The molecule has 0 amide bonds. The predicted molar refractivity (Wildman–Crippen MR) is 219 cm³/mol. The highest BCUT2D eigenvalue weighted by Gasteiger charge is 2.38. The third kappa shape index (κ3) is 19.2. The molecule has 8 nitrogen and oxygen atoms in total. The van der Waals surface area contributed by atoms with Crippen molar-refractivity contribution in [2.24, 2.45) is 0 Å². The number of hydrogen-bond donors (Lipinski definition) is 0. The number of unbranched alkanes of at least 4 members (excludes halogenated alkanes) is 8. The van der Waals surface area contributed by atoms with Crippen LogP contribution >= 0.6 is 0 Å². The van der Waals surface area contributed by atoms with E-state index in [2.05, 4.69) is 55.4 Å². The standard InChI is InChI=1S/2C16H36N.C12N6/c2*1-5-9-13-17(14-10-6-2,15-11-7-3)16-12-8-4;13-1-7(2-14)10-11(8(3-15)4-16)12(10)9(5-17)6-18/h2*5-16H2,1-4H3;/q2*+1;-2. The molecule has 0 aromatic rings. The maximum atomic E-state index is 8.72. The maximum Gasteiger partial charge on any atom is 0.138 e. The maximum absolute atomic E-state index is 8.72. The molecule has 0 saturated heterocycles. The first-order chi connectivity index (χ1) is 25.2. The Morgan fingerprint density at radius 3 is 0.750 bits per heavy atom. The van der Waals surface area contributed by atoms with Crippen molar-refractivity contribution >= 4 is 11.7 Å². The lowest BCUT2D eigenvalue weighted by Gasteiger charge is -2.39. The minimum atomic E-state index is -0.328. The van der Waals surface area contributed by atoms with Gasteiger partial charge < -0.3 is 19.8 Å². The summed E-state index contributed by atoms with van der Waals surface area (Å²) < 4.78 is 2.84. The van der Waals surface area contributed by atoms with E-state index in [1.54, 1.807) is 36.0 Å². The first-order valence-electron chi connectivity index (χ1n) is 20.5. The molecule has 0 fully saturated rings. The van der Waals surface area contributed by atoms with Gasteiger partial charge in [0.2, 0.25) is 0 Å². The van der Waals surface area contributed by atoms with Crippen LogP contribution in [-0.4, -0.2) is 73.1 Å². The molecular weight excluding hydrogens is 641 g/mol. The van der Waals surface area contributed by atoms with Crippen LogP contribution in [0.5, 0.6) is 0 Å². The molecule has 0 aliphatic heterocycles. The zero-order valence-electron chi connectivity index (χ0n) is 34.5. The monoisotopic (exact) mass is 713 g/mol. The molecule has 0 aromatic heterocycles. The minimum Gasteiger partial charge on any atom is -0.762 e. The van der Waals surface area contributed by atoms with E-state index in [4.69, 9.17) is 31.9 Å². The SMILES string of the molecule is CCCC[N+](CCCC)(CCCC)CCCC.CCCC[N+](CCCC)(CCCC)CCCC.N#CC(=C=[N-])C1=C(C(=C=[N-])C#N)C1=C(C#N)C#N. The van der Waals surface area contributed by atoms with Gasteiger partial charge >= 0.3 is 0 Å². The Kier molecular flexibility index (Phi) is 31.0. The molecular formula is C44H72N8. The quantitative estimate of drug-likeness (QED) is 0.0500. The molecule has 0 atom stereocenters. The lowest BCUT2D eigenvalue weighted by molar-refractivity contribution is -0.929. The number of rotatable bonds is 26. The summed E-state index contributed by atoms with van der Waals surface area (Å²) in [7, 11) is 0. The van der Waals surface area contributed by atoms with E-state index in [1.165, 1.54) is 164 Å². The summed E-state index contributed by atoms with van der Waals surface area (Å²) in [5, 5.41) is 52.3. The molecule has 1 aliphatic carbocycles. The number of nitriles is 4. The Bertz CT molecular complexity index is 1170. The second kappa shape index (κ2) is 32.0. The summed E-state index contributed by atoms with van der Waals surface area (Å²) in [6.07, 6.45) is 22.1. The second-order valence-corrected chi connectivity index (χ2v) is 14.2. The van der Waals surface area contributed by atoms with Crippen LogP contribution in [0.3, 0.4) is 0 Å². The number of quaternary nitrogens is 2. The van der Waals surface area contributed by atoms with Crippen molar-refractivity contribution in [1.82, 2.24) is 0 Å². The fraction of sp³-hybridized carbons (Fsp3) is 0.727. The van der Waals surface area contributed by atoms with E-state index in [1.807, 2.05) is 0 Å². The summed E-state index contributed by atoms with van der Waals surface area (Å²) in [6.45, 7) is 30.0. The van der Waals surface area contributed by atoms with Crippen molar-refractivity contribution in [2.75, 3.05) is 52.4 Å². The van der Waals surface area contributed by atoms with Gasteiger partial charge in [0.1, 0.15) is 29.8 Å². The molecule has 0 aromatic carbocycles. The third-order valence-corrected chi connectivity index (χ3v) is 10.00. The molecule has 0 radical (unpaired) electrons. The average Bonchev–Trinajstić information content (AvgIpc) is 3.89. The van der Waals surface area contributed by atoms with E-state index in [0.717, 1.165) is 0 Å². The van der Waals surface area contributed by atoms with Gasteiger partial charge in [0.15, 0.2) is 0 Å². The van der Waals surface area contributed by atoms with Crippen molar-refractivity contribution in [2.45, 2.75) is 158 Å². The fourth-order valence-corrected chi connectivity index (χ4v) is 6.64. The Labute approximate surface area is 320 Å². The van der Waals surface area contributed by atoms with E-state index in [0.29, 0.717) is 0 Å². The van der Waals surface area contributed by atoms with Gasteiger partial charge in [-0.1, -0.05) is 107 Å². The largest absolute Gasteiger partial charge is 0.762 e. The topological polar surface area (TPSA) is 140 Å². The van der Waals surface area contributed by atoms with Gasteiger partial charge in [-0.25, -0.2) is 11.7 Å². The Hall–Kier alpha value is -3.74. The van der Waals surface area contributed by atoms with Crippen LogP contribution in [0, 0.1) is 45.3 Å². The summed E-state index contributed by atoms with van der Waals surface area (Å²) in [5.74, 6) is 3.18. The number of nitrogens with zero attached hydrogens (tertiary/aromatic N) is 8. The highest BCUT2D eigenvalue weighted by Crippen LogP contribution is 2.48. The summed E-state index contributed by atoms with van der Waals surface area (Å²) in [5.41, 5.74) is -0.869. The number of allylic oxidation sites excluding steroid dienone is 6. The molecule has 0 bridgehead atoms. The molecule has 288 valence electrons. The lowest BCUT2D eigenvalue weighted by Crippen LogP contribution is -2.50. The fourth-order valence-electron chi connectivity index (χ4n) is 6.64. The van der Waals surface area contributed by atoms with Crippen molar-refractivity contribution in [3.05, 3.63) is 44.3 Å². The van der Waals surface area contributed by atoms with Gasteiger partial charge in [0, 0.05) is 16.7 Å². The van der Waals surface area contributed by atoms with Gasteiger partial charge in [-0.2, -0.15) is 21.0 Å². The Morgan fingerprint density at radius 2 is 0.615 bits per heavy atom. The molecule has 0 spiro atoms.